The Bertz CT molecular complexity index is 1310. The number of methoxy groups -OCH3 is 2. The van der Waals surface area contributed by atoms with Gasteiger partial charge in [-0.3, -0.25) is 9.69 Å². The molecule has 0 bridgehead atoms. The van der Waals surface area contributed by atoms with E-state index < -0.39 is 88.2 Å². The number of hydrogen-bond acceptors (Lipinski definition) is 6. The standard InChI is InChI=1S/C24H38N2O4/c1-14(2)9-17-13-26-8-7-16-10-21(28-5)22(29-6)11-18(16)19(26)12-20(17)30-24(27)23(25)15(3)4/h10-11,14-15,17,19-20,23H,7-9,12-13,25H2,1-6H3/t17?,19?,20?,23-/m0/s1/i3D3,4D3,6D3,7D2,8D2,15D,19D,23D. The lowest BCUT2D eigenvalue weighted by atomic mass is 9.79. The third-order valence-electron chi connectivity index (χ3n) is 5.24. The first-order valence-corrected chi connectivity index (χ1v) is 9.60. The Morgan fingerprint density at radius 1 is 1.40 bits per heavy atom. The predicted molar refractivity (Wildman–Crippen MR) is 118 cm³/mol. The molecule has 1 saturated heterocycles. The van der Waals surface area contributed by atoms with E-state index in [4.69, 9.17) is 40.5 Å². The molecule has 168 valence electrons. The van der Waals surface area contributed by atoms with E-state index in [1.165, 1.54) is 0 Å². The van der Waals surface area contributed by atoms with Crippen LogP contribution in [0.4, 0.5) is 0 Å². The van der Waals surface area contributed by atoms with Crippen molar-refractivity contribution >= 4 is 5.97 Å². The lowest BCUT2D eigenvalue weighted by Gasteiger charge is -2.47. The van der Waals surface area contributed by atoms with Crippen LogP contribution in [0.15, 0.2) is 12.1 Å². The average Bonchev–Trinajstić information content (AvgIpc) is 2.85. The summed E-state index contributed by atoms with van der Waals surface area (Å²) in [5.41, 5.74) is 5.11. The van der Waals surface area contributed by atoms with Gasteiger partial charge in [0.2, 0.25) is 0 Å². The van der Waals surface area contributed by atoms with E-state index in [1.54, 1.807) is 13.8 Å². The van der Waals surface area contributed by atoms with Crippen molar-refractivity contribution in [1.82, 2.24) is 4.90 Å². The molecule has 0 aromatic heterocycles. The van der Waals surface area contributed by atoms with Gasteiger partial charge in [-0.25, -0.2) is 0 Å². The Hall–Kier alpha value is -1.79. The molecule has 2 aliphatic heterocycles. The Morgan fingerprint density at radius 2 is 2.17 bits per heavy atom. The van der Waals surface area contributed by atoms with Crippen molar-refractivity contribution in [3.63, 3.8) is 0 Å². The molecule has 2 aliphatic rings. The number of fused-ring (bicyclic) bond motifs is 3. The molecule has 3 rings (SSSR count). The highest BCUT2D eigenvalue weighted by atomic mass is 16.5. The number of ether oxygens (including phenoxy) is 3. The number of carbonyl (C=O) groups is 1. The van der Waals surface area contributed by atoms with Gasteiger partial charge in [0.25, 0.3) is 0 Å². The van der Waals surface area contributed by atoms with Crippen molar-refractivity contribution < 1.29 is 40.9 Å². The normalized spacial score (nSPS) is 41.2. The maximum Gasteiger partial charge on any atom is 0.323 e. The summed E-state index contributed by atoms with van der Waals surface area (Å²) in [6, 6.07) is -3.92. The summed E-state index contributed by atoms with van der Waals surface area (Å²) in [6.45, 7) is -7.26. The van der Waals surface area contributed by atoms with Crippen LogP contribution < -0.4 is 15.2 Å². The van der Waals surface area contributed by atoms with Gasteiger partial charge >= 0.3 is 5.97 Å². The number of nitrogens with zero attached hydrogens (tertiary/aromatic N) is 1. The molecule has 1 aromatic rings. The summed E-state index contributed by atoms with van der Waals surface area (Å²) in [5, 5.41) is 0. The number of hydrogen-bond donors (Lipinski definition) is 1. The van der Waals surface area contributed by atoms with Crippen LogP contribution in [-0.4, -0.2) is 50.2 Å². The molecule has 6 nitrogen and oxygen atoms in total. The van der Waals surface area contributed by atoms with E-state index in [0.29, 0.717) is 0 Å². The molecular formula is C24H38N2O4. The van der Waals surface area contributed by atoms with E-state index in [0.717, 1.165) is 24.1 Å². The van der Waals surface area contributed by atoms with Gasteiger partial charge in [-0.1, -0.05) is 27.6 Å². The summed E-state index contributed by atoms with van der Waals surface area (Å²) in [6.07, 6.45) is -4.70. The van der Waals surface area contributed by atoms with Crippen molar-refractivity contribution in [2.75, 3.05) is 27.2 Å². The number of piperidine rings is 1. The van der Waals surface area contributed by atoms with Gasteiger partial charge in [-0.2, -0.15) is 0 Å². The molecule has 2 N–H and O–H groups in total. The second-order valence-corrected chi connectivity index (χ2v) is 7.77. The van der Waals surface area contributed by atoms with Crippen LogP contribution in [0.5, 0.6) is 11.5 Å². The number of aryl methyl sites for hydroxylation is 1. The number of nitrogens with two attached hydrogens (primary N) is 1. The number of carbonyl (C=O) groups excluding carboxylic acids is 1. The Balaban J connectivity index is 2.23. The van der Waals surface area contributed by atoms with E-state index >= 15 is 0 Å². The van der Waals surface area contributed by atoms with Crippen molar-refractivity contribution in [1.29, 1.82) is 0 Å². The summed E-state index contributed by atoms with van der Waals surface area (Å²) in [4.78, 5) is 14.4. The first-order valence-electron chi connectivity index (χ1n) is 17.6. The van der Waals surface area contributed by atoms with Gasteiger partial charge in [-0.05, 0) is 47.9 Å². The second-order valence-electron chi connectivity index (χ2n) is 7.77. The van der Waals surface area contributed by atoms with Crippen LogP contribution in [0.3, 0.4) is 0 Å². The fourth-order valence-corrected chi connectivity index (χ4v) is 3.84. The van der Waals surface area contributed by atoms with Gasteiger partial charge in [0.1, 0.15) is 12.1 Å². The van der Waals surface area contributed by atoms with Gasteiger partial charge in [-0.15, -0.1) is 0 Å². The average molecular weight is 435 g/mol. The van der Waals surface area contributed by atoms with Crippen LogP contribution in [0.25, 0.3) is 0 Å². The zero-order chi connectivity index (χ0) is 35.9. The molecule has 0 aliphatic carbocycles. The molecule has 0 amide bonds. The lowest BCUT2D eigenvalue weighted by Crippen LogP contribution is -2.51. The van der Waals surface area contributed by atoms with Gasteiger partial charge in [0, 0.05) is 46.5 Å². The highest BCUT2D eigenvalue weighted by Crippen LogP contribution is 2.44. The van der Waals surface area contributed by atoms with E-state index in [1.807, 2.05) is 0 Å². The van der Waals surface area contributed by atoms with Crippen molar-refractivity contribution in [3.05, 3.63) is 23.3 Å². The second kappa shape index (κ2) is 9.56. The first kappa shape index (κ1) is 9.78. The van der Waals surface area contributed by atoms with Gasteiger partial charge in [0.05, 0.1) is 21.0 Å². The predicted octanol–water partition coefficient (Wildman–Crippen LogP) is 3.56. The van der Waals surface area contributed by atoms with E-state index in [9.17, 15) is 6.17 Å². The molecular weight excluding hydrogens is 380 g/mol. The molecule has 0 saturated carbocycles. The Kier molecular flexibility index (Phi) is 3.12. The van der Waals surface area contributed by atoms with Crippen LogP contribution in [0, 0.1) is 17.7 Å². The highest BCUT2D eigenvalue weighted by Gasteiger charge is 2.41. The quantitative estimate of drug-likeness (QED) is 0.662. The third kappa shape index (κ3) is 4.75. The lowest BCUT2D eigenvalue weighted by molar-refractivity contribution is -0.160. The topological polar surface area (TPSA) is 74.0 Å². The zero-order valence-corrected chi connectivity index (χ0v) is 17.2. The van der Waals surface area contributed by atoms with Crippen LogP contribution in [0.2, 0.25) is 0 Å². The van der Waals surface area contributed by atoms with Crippen molar-refractivity contribution in [2.45, 2.75) is 64.9 Å². The molecule has 2 heterocycles. The van der Waals surface area contributed by atoms with Crippen molar-refractivity contribution in [3.8, 4) is 11.5 Å². The number of rotatable bonds is 7. The molecule has 30 heavy (non-hydrogen) atoms. The molecule has 1 fully saturated rings. The number of esters is 1. The maximum atomic E-state index is 13.5. The summed E-state index contributed by atoms with van der Waals surface area (Å²) in [7, 11) is -1.85. The van der Waals surface area contributed by atoms with Crippen LogP contribution in [0.1, 0.15) is 79.5 Å². The summed E-state index contributed by atoms with van der Waals surface area (Å²) < 4.78 is 146. The van der Waals surface area contributed by atoms with Gasteiger partial charge in [0.15, 0.2) is 11.5 Å². The van der Waals surface area contributed by atoms with Crippen LogP contribution >= 0.6 is 0 Å². The minimum atomic E-state index is -3.85. The van der Waals surface area contributed by atoms with Gasteiger partial charge < -0.3 is 19.9 Å². The monoisotopic (exact) mass is 434 g/mol. The van der Waals surface area contributed by atoms with Crippen LogP contribution in [-0.2, 0) is 15.9 Å². The summed E-state index contributed by atoms with van der Waals surface area (Å²) >= 11 is 0. The molecule has 0 radical (unpaired) electrons. The SMILES string of the molecule is [2H]C([2H])([2H])Oc1cc2c(cc1OC)C([2H])([2H])C([2H])([2H])N1CC(CC(C)C)C(OC(=O)[C@@]([2H])(N)C([2H])(C([2H])([2H])[2H])C([2H])([2H])[2H])CC21[2H]. The van der Waals surface area contributed by atoms with Crippen molar-refractivity contribution in [2.24, 2.45) is 23.5 Å². The summed E-state index contributed by atoms with van der Waals surface area (Å²) in [5.74, 6) is -7.41. The molecule has 3 unspecified atom stereocenters. The number of benzene rings is 1. The smallest absolute Gasteiger partial charge is 0.323 e. The molecule has 6 heteroatoms. The fourth-order valence-electron chi connectivity index (χ4n) is 3.84. The Morgan fingerprint density at radius 3 is 2.83 bits per heavy atom. The minimum absolute atomic E-state index is 0.147. The largest absolute Gasteiger partial charge is 0.493 e. The highest BCUT2D eigenvalue weighted by molar-refractivity contribution is 5.76. The molecule has 1 aromatic carbocycles. The third-order valence-corrected chi connectivity index (χ3v) is 5.24. The van der Waals surface area contributed by atoms with E-state index in [2.05, 4.69) is 0 Å². The fraction of sp³-hybridized carbons (Fsp3) is 0.708. The first-order chi connectivity index (χ1) is 20.4. The molecule has 4 atom stereocenters. The minimum Gasteiger partial charge on any atom is -0.493 e. The Labute approximate surface area is 203 Å². The van der Waals surface area contributed by atoms with E-state index in [-0.39, 0.29) is 29.2 Å². The maximum absolute atomic E-state index is 13.5. The zero-order valence-electron chi connectivity index (χ0n) is 33.2. The molecule has 0 spiro atoms.